The number of rotatable bonds is 4. The molecule has 0 spiro atoms. The molecular formula is C17H14Cl2N4O. The van der Waals surface area contributed by atoms with Crippen molar-refractivity contribution < 1.29 is 4.79 Å². The Balaban J connectivity index is 1.70. The molecule has 7 heteroatoms. The highest BCUT2D eigenvalue weighted by Gasteiger charge is 2.09. The summed E-state index contributed by atoms with van der Waals surface area (Å²) in [6, 6.07) is 8.57. The summed E-state index contributed by atoms with van der Waals surface area (Å²) in [7, 11) is 1.85. The molecule has 0 atom stereocenters. The monoisotopic (exact) mass is 360 g/mol. The van der Waals surface area contributed by atoms with Crippen LogP contribution in [0.3, 0.4) is 0 Å². The number of aryl methyl sites for hydroxylation is 1. The fraction of sp³-hybridized carbons (Fsp3) is 0.118. The maximum atomic E-state index is 12.2. The lowest BCUT2D eigenvalue weighted by atomic mass is 10.1. The molecule has 0 bridgehead atoms. The minimum Gasteiger partial charge on any atom is -0.348 e. The Bertz CT molecular complexity index is 892. The quantitative estimate of drug-likeness (QED) is 0.771. The molecule has 122 valence electrons. The Morgan fingerprint density at radius 2 is 2.04 bits per heavy atom. The number of nitrogens with one attached hydrogen (secondary N) is 1. The average Bonchev–Trinajstić information content (AvgIpc) is 3.02. The second kappa shape index (κ2) is 7.03. The van der Waals surface area contributed by atoms with Gasteiger partial charge in [-0.2, -0.15) is 5.10 Å². The van der Waals surface area contributed by atoms with Crippen LogP contribution in [0.2, 0.25) is 10.0 Å². The molecule has 5 nitrogen and oxygen atoms in total. The topological polar surface area (TPSA) is 59.8 Å². The summed E-state index contributed by atoms with van der Waals surface area (Å²) in [4.78, 5) is 16.5. The van der Waals surface area contributed by atoms with Crippen molar-refractivity contribution in [3.63, 3.8) is 0 Å². The van der Waals surface area contributed by atoms with Crippen molar-refractivity contribution in [1.82, 2.24) is 20.1 Å². The van der Waals surface area contributed by atoms with E-state index >= 15 is 0 Å². The summed E-state index contributed by atoms with van der Waals surface area (Å²) in [5.41, 5.74) is 3.14. The SMILES string of the molecule is Cn1cc(-c2cc(CNC(=O)c3ccc(Cl)c(Cl)c3)ccn2)cn1. The Morgan fingerprint density at radius 1 is 1.21 bits per heavy atom. The highest BCUT2D eigenvalue weighted by atomic mass is 35.5. The molecule has 0 fully saturated rings. The number of nitrogens with zero attached hydrogens (tertiary/aromatic N) is 3. The number of pyridine rings is 1. The molecule has 2 heterocycles. The van der Waals surface area contributed by atoms with Crippen LogP contribution in [0, 0.1) is 0 Å². The summed E-state index contributed by atoms with van der Waals surface area (Å²) >= 11 is 11.8. The maximum absolute atomic E-state index is 12.2. The van der Waals surface area contributed by atoms with Crippen molar-refractivity contribution in [2.45, 2.75) is 6.54 Å². The molecule has 3 rings (SSSR count). The summed E-state index contributed by atoms with van der Waals surface area (Å²) in [6.45, 7) is 0.384. The lowest BCUT2D eigenvalue weighted by Gasteiger charge is -2.07. The van der Waals surface area contributed by atoms with Crippen molar-refractivity contribution in [3.05, 3.63) is 70.1 Å². The average molecular weight is 361 g/mol. The minimum atomic E-state index is -0.215. The van der Waals surface area contributed by atoms with E-state index in [0.717, 1.165) is 16.8 Å². The lowest BCUT2D eigenvalue weighted by Crippen LogP contribution is -2.22. The first-order valence-electron chi connectivity index (χ1n) is 7.20. The van der Waals surface area contributed by atoms with Crippen LogP contribution in [-0.2, 0) is 13.6 Å². The Labute approximate surface area is 149 Å². The van der Waals surface area contributed by atoms with E-state index in [0.29, 0.717) is 22.2 Å². The standard InChI is InChI=1S/C17H14Cl2N4O/c1-23-10-13(9-22-23)16-6-11(4-5-20-16)8-21-17(24)12-2-3-14(18)15(19)7-12/h2-7,9-10H,8H2,1H3,(H,21,24). The molecule has 0 aliphatic heterocycles. The van der Waals surface area contributed by atoms with Gasteiger partial charge in [-0.1, -0.05) is 23.2 Å². The second-order valence-electron chi connectivity index (χ2n) is 5.26. The number of carbonyl (C=O) groups excluding carboxylic acids is 1. The molecule has 0 radical (unpaired) electrons. The van der Waals surface area contributed by atoms with Gasteiger partial charge in [0.1, 0.15) is 0 Å². The molecule has 2 aromatic heterocycles. The van der Waals surface area contributed by atoms with E-state index in [2.05, 4.69) is 15.4 Å². The molecule has 1 N–H and O–H groups in total. The van der Waals surface area contributed by atoms with Gasteiger partial charge in [-0.05, 0) is 35.9 Å². The van der Waals surface area contributed by atoms with Crippen molar-refractivity contribution in [2.24, 2.45) is 7.05 Å². The van der Waals surface area contributed by atoms with Crippen molar-refractivity contribution in [2.75, 3.05) is 0 Å². The largest absolute Gasteiger partial charge is 0.348 e. The first-order valence-corrected chi connectivity index (χ1v) is 7.96. The number of carbonyl (C=O) groups is 1. The fourth-order valence-electron chi connectivity index (χ4n) is 2.22. The number of benzene rings is 1. The van der Waals surface area contributed by atoms with Gasteiger partial charge >= 0.3 is 0 Å². The van der Waals surface area contributed by atoms with E-state index in [4.69, 9.17) is 23.2 Å². The van der Waals surface area contributed by atoms with Crippen LogP contribution in [0.1, 0.15) is 15.9 Å². The van der Waals surface area contributed by atoms with E-state index in [1.54, 1.807) is 35.3 Å². The highest BCUT2D eigenvalue weighted by Crippen LogP contribution is 2.22. The van der Waals surface area contributed by atoms with E-state index in [-0.39, 0.29) is 5.91 Å². The summed E-state index contributed by atoms with van der Waals surface area (Å²) in [5, 5.41) is 7.77. The summed E-state index contributed by atoms with van der Waals surface area (Å²) in [5.74, 6) is -0.215. The van der Waals surface area contributed by atoms with Crippen molar-refractivity contribution in [1.29, 1.82) is 0 Å². The van der Waals surface area contributed by atoms with Gasteiger partial charge in [-0.3, -0.25) is 14.5 Å². The predicted molar refractivity (Wildman–Crippen MR) is 94.1 cm³/mol. The molecule has 0 saturated heterocycles. The second-order valence-corrected chi connectivity index (χ2v) is 6.08. The zero-order chi connectivity index (χ0) is 17.1. The Kier molecular flexibility index (Phi) is 4.83. The number of aromatic nitrogens is 3. The number of hydrogen-bond donors (Lipinski definition) is 1. The molecule has 0 saturated carbocycles. The van der Waals surface area contributed by atoms with Gasteiger partial charge in [0.25, 0.3) is 5.91 Å². The molecule has 24 heavy (non-hydrogen) atoms. The van der Waals surface area contributed by atoms with Gasteiger partial charge < -0.3 is 5.32 Å². The number of hydrogen-bond acceptors (Lipinski definition) is 3. The molecular weight excluding hydrogens is 347 g/mol. The first-order chi connectivity index (χ1) is 11.5. The maximum Gasteiger partial charge on any atom is 0.251 e. The zero-order valence-electron chi connectivity index (χ0n) is 12.8. The third kappa shape index (κ3) is 3.75. The van der Waals surface area contributed by atoms with Crippen LogP contribution >= 0.6 is 23.2 Å². The summed E-state index contributed by atoms with van der Waals surface area (Å²) < 4.78 is 1.72. The molecule has 3 aromatic rings. The van der Waals surface area contributed by atoms with Crippen LogP contribution < -0.4 is 5.32 Å². The zero-order valence-corrected chi connectivity index (χ0v) is 14.3. The molecule has 1 amide bonds. The van der Waals surface area contributed by atoms with Crippen LogP contribution in [0.5, 0.6) is 0 Å². The fourth-order valence-corrected chi connectivity index (χ4v) is 2.52. The number of amides is 1. The summed E-state index contributed by atoms with van der Waals surface area (Å²) in [6.07, 6.45) is 5.35. The van der Waals surface area contributed by atoms with E-state index < -0.39 is 0 Å². The molecule has 0 aliphatic rings. The van der Waals surface area contributed by atoms with Crippen molar-refractivity contribution in [3.8, 4) is 11.3 Å². The van der Waals surface area contributed by atoms with Gasteiger partial charge in [0.05, 0.1) is 21.9 Å². The van der Waals surface area contributed by atoms with Gasteiger partial charge in [0.15, 0.2) is 0 Å². The van der Waals surface area contributed by atoms with Crippen LogP contribution in [0.4, 0.5) is 0 Å². The third-order valence-electron chi connectivity index (χ3n) is 3.46. The molecule has 0 aliphatic carbocycles. The minimum absolute atomic E-state index is 0.215. The number of halogens is 2. The van der Waals surface area contributed by atoms with E-state index in [9.17, 15) is 4.79 Å². The highest BCUT2D eigenvalue weighted by molar-refractivity contribution is 6.42. The van der Waals surface area contributed by atoms with Gasteiger partial charge in [-0.15, -0.1) is 0 Å². The Hall–Kier alpha value is -2.37. The van der Waals surface area contributed by atoms with Gasteiger partial charge in [-0.25, -0.2) is 0 Å². The van der Waals surface area contributed by atoms with E-state index in [1.165, 1.54) is 0 Å². The lowest BCUT2D eigenvalue weighted by molar-refractivity contribution is 0.0951. The third-order valence-corrected chi connectivity index (χ3v) is 4.20. The van der Waals surface area contributed by atoms with Gasteiger partial charge in [0, 0.05) is 37.1 Å². The van der Waals surface area contributed by atoms with Crippen LogP contribution in [0.25, 0.3) is 11.3 Å². The van der Waals surface area contributed by atoms with Gasteiger partial charge in [0.2, 0.25) is 0 Å². The van der Waals surface area contributed by atoms with E-state index in [1.807, 2.05) is 25.4 Å². The predicted octanol–water partition coefficient (Wildman–Crippen LogP) is 3.72. The molecule has 0 unspecified atom stereocenters. The van der Waals surface area contributed by atoms with Crippen LogP contribution in [-0.4, -0.2) is 20.7 Å². The smallest absolute Gasteiger partial charge is 0.251 e. The molecule has 1 aromatic carbocycles. The first kappa shape index (κ1) is 16.5. The van der Waals surface area contributed by atoms with Crippen molar-refractivity contribution >= 4 is 29.1 Å². The van der Waals surface area contributed by atoms with Crippen LogP contribution in [0.15, 0.2) is 48.9 Å². The normalized spacial score (nSPS) is 10.6. The Morgan fingerprint density at radius 3 is 2.75 bits per heavy atom.